The fraction of sp³-hybridized carbons (Fsp3) is 0.316. The number of nitrogens with one attached hydrogen (secondary N) is 1. The number of ether oxygens (including phenoxy) is 1. The lowest BCUT2D eigenvalue weighted by molar-refractivity contribution is 0.134. The van der Waals surface area contributed by atoms with E-state index in [1.807, 2.05) is 44.3 Å². The number of allylic oxidation sites excluding steroid dienone is 2. The quantitative estimate of drug-likeness (QED) is 0.765. The number of fused-ring (bicyclic) bond motifs is 1. The molecule has 0 saturated carbocycles. The van der Waals surface area contributed by atoms with Crippen LogP contribution in [0.2, 0.25) is 0 Å². The third-order valence-electron chi connectivity index (χ3n) is 3.97. The molecule has 0 spiro atoms. The summed E-state index contributed by atoms with van der Waals surface area (Å²) in [6, 6.07) is 7.46. The maximum absolute atomic E-state index is 10.8. The summed E-state index contributed by atoms with van der Waals surface area (Å²) in [5.74, 6) is 0.752. The zero-order chi connectivity index (χ0) is 16.8. The van der Waals surface area contributed by atoms with Crippen LogP contribution >= 0.6 is 0 Å². The summed E-state index contributed by atoms with van der Waals surface area (Å²) in [4.78, 5) is 4.36. The van der Waals surface area contributed by atoms with Crippen LogP contribution in [0.25, 0.3) is 10.9 Å². The van der Waals surface area contributed by atoms with Crippen molar-refractivity contribution in [2.45, 2.75) is 32.4 Å². The first-order valence-corrected chi connectivity index (χ1v) is 7.76. The van der Waals surface area contributed by atoms with Crippen molar-refractivity contribution in [1.82, 2.24) is 10.3 Å². The van der Waals surface area contributed by atoms with E-state index in [0.717, 1.165) is 34.2 Å². The van der Waals surface area contributed by atoms with Crippen molar-refractivity contribution >= 4 is 10.9 Å². The van der Waals surface area contributed by atoms with E-state index in [9.17, 15) is 5.11 Å². The molecule has 0 aliphatic heterocycles. The van der Waals surface area contributed by atoms with Crippen molar-refractivity contribution in [3.8, 4) is 5.75 Å². The molecule has 1 heterocycles. The average Bonchev–Trinajstić information content (AvgIpc) is 2.60. The number of methoxy groups -OCH3 is 1. The number of aromatic nitrogens is 1. The van der Waals surface area contributed by atoms with Gasteiger partial charge in [-0.25, -0.2) is 0 Å². The van der Waals surface area contributed by atoms with Gasteiger partial charge in [0.05, 0.1) is 24.8 Å². The minimum absolute atomic E-state index is 0.0956. The maximum atomic E-state index is 10.8. The average molecular weight is 312 g/mol. The second-order valence-corrected chi connectivity index (χ2v) is 5.50. The summed E-state index contributed by atoms with van der Waals surface area (Å²) in [7, 11) is 1.63. The summed E-state index contributed by atoms with van der Waals surface area (Å²) in [5.41, 5.74) is 2.71. The van der Waals surface area contributed by atoms with Gasteiger partial charge in [0.1, 0.15) is 5.75 Å². The predicted octanol–water partition coefficient (Wildman–Crippen LogP) is 3.73. The van der Waals surface area contributed by atoms with Crippen molar-refractivity contribution in [2.24, 2.45) is 0 Å². The molecule has 2 atom stereocenters. The third kappa shape index (κ3) is 3.90. The lowest BCUT2D eigenvalue weighted by atomic mass is 9.97. The normalized spacial score (nSPS) is 14.3. The molecule has 0 fully saturated rings. The van der Waals surface area contributed by atoms with Gasteiger partial charge in [0.15, 0.2) is 0 Å². The smallest absolute Gasteiger partial charge is 0.119 e. The molecular weight excluding hydrogens is 288 g/mol. The Morgan fingerprint density at radius 3 is 2.87 bits per heavy atom. The van der Waals surface area contributed by atoms with Crippen molar-refractivity contribution < 1.29 is 9.84 Å². The highest BCUT2D eigenvalue weighted by Crippen LogP contribution is 2.29. The Hall–Kier alpha value is -2.33. The van der Waals surface area contributed by atoms with Gasteiger partial charge < -0.3 is 15.2 Å². The van der Waals surface area contributed by atoms with Gasteiger partial charge in [-0.05, 0) is 54.9 Å². The maximum Gasteiger partial charge on any atom is 0.119 e. The van der Waals surface area contributed by atoms with Crippen molar-refractivity contribution in [1.29, 1.82) is 0 Å². The number of nitrogens with zero attached hydrogens (tertiary/aromatic N) is 1. The van der Waals surface area contributed by atoms with Gasteiger partial charge in [0.25, 0.3) is 0 Å². The van der Waals surface area contributed by atoms with Crippen LogP contribution in [0.15, 0.2) is 54.9 Å². The van der Waals surface area contributed by atoms with E-state index in [0.29, 0.717) is 0 Å². The molecular formula is C19H24N2O2. The van der Waals surface area contributed by atoms with Gasteiger partial charge in [0.2, 0.25) is 0 Å². The van der Waals surface area contributed by atoms with Gasteiger partial charge >= 0.3 is 0 Å². The molecule has 2 unspecified atom stereocenters. The molecule has 0 radical (unpaired) electrons. The number of rotatable bonds is 7. The number of hydrogen-bond donors (Lipinski definition) is 2. The molecule has 0 saturated heterocycles. The van der Waals surface area contributed by atoms with Crippen LogP contribution in [0, 0.1) is 0 Å². The van der Waals surface area contributed by atoms with E-state index < -0.39 is 6.10 Å². The Morgan fingerprint density at radius 2 is 2.22 bits per heavy atom. The van der Waals surface area contributed by atoms with Gasteiger partial charge in [-0.15, -0.1) is 0 Å². The Kier molecular flexibility index (Phi) is 5.77. The topological polar surface area (TPSA) is 54.4 Å². The fourth-order valence-electron chi connectivity index (χ4n) is 2.48. The second kappa shape index (κ2) is 7.79. The summed E-state index contributed by atoms with van der Waals surface area (Å²) in [5, 5.41) is 15.0. The van der Waals surface area contributed by atoms with Crippen molar-refractivity contribution in [3.05, 3.63) is 60.5 Å². The molecule has 2 N–H and O–H groups in total. The number of pyridine rings is 1. The zero-order valence-corrected chi connectivity index (χ0v) is 13.9. The Balaban J connectivity index is 2.38. The highest BCUT2D eigenvalue weighted by Gasteiger charge is 2.20. The van der Waals surface area contributed by atoms with E-state index in [2.05, 4.69) is 16.9 Å². The van der Waals surface area contributed by atoms with Gasteiger partial charge in [-0.2, -0.15) is 0 Å². The van der Waals surface area contributed by atoms with Gasteiger partial charge in [0, 0.05) is 11.6 Å². The standard InChI is InChI=1S/C19H24N2O2/c1-5-13(3)12-21-17(6-2)19(22)15-9-10-20-18-8-7-14(23-4)11-16(15)18/h5,7-12,17,19,21-22H,1,6H2,2-4H3/b13-12+. The van der Waals surface area contributed by atoms with Crippen LogP contribution < -0.4 is 10.1 Å². The largest absolute Gasteiger partial charge is 0.497 e. The van der Waals surface area contributed by atoms with Crippen molar-refractivity contribution in [2.75, 3.05) is 7.11 Å². The SMILES string of the molecule is C=C/C(C)=C/NC(CC)C(O)c1ccnc2ccc(OC)cc12. The van der Waals surface area contributed by atoms with E-state index in [-0.39, 0.29) is 6.04 Å². The van der Waals surface area contributed by atoms with Crippen LogP contribution in [0.1, 0.15) is 31.9 Å². The first-order valence-electron chi connectivity index (χ1n) is 7.76. The molecule has 2 rings (SSSR count). The zero-order valence-electron chi connectivity index (χ0n) is 13.9. The molecule has 0 aliphatic rings. The van der Waals surface area contributed by atoms with Gasteiger partial charge in [-0.3, -0.25) is 4.98 Å². The second-order valence-electron chi connectivity index (χ2n) is 5.50. The van der Waals surface area contributed by atoms with Crippen LogP contribution in [0.3, 0.4) is 0 Å². The molecule has 122 valence electrons. The molecule has 1 aromatic carbocycles. The fourth-order valence-corrected chi connectivity index (χ4v) is 2.48. The van der Waals surface area contributed by atoms with Crippen LogP contribution in [0.5, 0.6) is 5.75 Å². The minimum Gasteiger partial charge on any atom is -0.497 e. The van der Waals surface area contributed by atoms with E-state index in [1.165, 1.54) is 0 Å². The monoisotopic (exact) mass is 312 g/mol. The van der Waals surface area contributed by atoms with Crippen LogP contribution in [0.4, 0.5) is 0 Å². The lowest BCUT2D eigenvalue weighted by Crippen LogP contribution is -2.31. The Labute approximate surface area is 137 Å². The molecule has 0 bridgehead atoms. The first-order chi connectivity index (χ1) is 11.1. The molecule has 4 heteroatoms. The van der Waals surface area contributed by atoms with E-state index in [4.69, 9.17) is 4.74 Å². The summed E-state index contributed by atoms with van der Waals surface area (Å²) in [6.45, 7) is 7.74. The van der Waals surface area contributed by atoms with Crippen LogP contribution in [-0.2, 0) is 0 Å². The molecule has 23 heavy (non-hydrogen) atoms. The summed E-state index contributed by atoms with van der Waals surface area (Å²) in [6.07, 6.45) is 5.53. The van der Waals surface area contributed by atoms with Crippen molar-refractivity contribution in [3.63, 3.8) is 0 Å². The summed E-state index contributed by atoms with van der Waals surface area (Å²) >= 11 is 0. The first kappa shape index (κ1) is 17.0. The Morgan fingerprint density at radius 1 is 1.43 bits per heavy atom. The number of hydrogen-bond acceptors (Lipinski definition) is 4. The number of aliphatic hydroxyl groups excluding tert-OH is 1. The highest BCUT2D eigenvalue weighted by molar-refractivity contribution is 5.83. The lowest BCUT2D eigenvalue weighted by Gasteiger charge is -2.24. The number of aliphatic hydroxyl groups is 1. The highest BCUT2D eigenvalue weighted by atomic mass is 16.5. The van der Waals surface area contributed by atoms with E-state index >= 15 is 0 Å². The van der Waals surface area contributed by atoms with Gasteiger partial charge in [-0.1, -0.05) is 19.6 Å². The third-order valence-corrected chi connectivity index (χ3v) is 3.97. The van der Waals surface area contributed by atoms with Crippen LogP contribution in [-0.4, -0.2) is 23.2 Å². The molecule has 0 amide bonds. The van der Waals surface area contributed by atoms with E-state index in [1.54, 1.807) is 19.4 Å². The minimum atomic E-state index is -0.647. The number of benzene rings is 1. The Bertz CT molecular complexity index is 710. The molecule has 0 aliphatic carbocycles. The predicted molar refractivity (Wildman–Crippen MR) is 94.4 cm³/mol. The summed E-state index contributed by atoms with van der Waals surface area (Å²) < 4.78 is 5.29. The molecule has 4 nitrogen and oxygen atoms in total. The molecule has 1 aromatic heterocycles. The molecule has 2 aromatic rings.